The van der Waals surface area contributed by atoms with Crippen molar-refractivity contribution in [3.8, 4) is 6.07 Å². The second-order valence-electron chi connectivity index (χ2n) is 7.84. The fraction of sp³-hybridized carbons (Fsp3) is 0.417. The number of thioether (sulfide) groups is 1. The number of rotatable bonds is 7. The summed E-state index contributed by atoms with van der Waals surface area (Å²) in [5.74, 6) is 0. The molecule has 1 fully saturated rings. The molecule has 162 valence electrons. The van der Waals surface area contributed by atoms with E-state index in [1.807, 2.05) is 79.7 Å². The fourth-order valence-electron chi connectivity index (χ4n) is 3.79. The Morgan fingerprint density at radius 2 is 1.55 bits per heavy atom. The summed E-state index contributed by atoms with van der Waals surface area (Å²) in [6.45, 7) is 0.882. The summed E-state index contributed by atoms with van der Waals surface area (Å²) in [6.07, 6.45) is -0.840. The minimum absolute atomic E-state index is 0.187. The molecular weight excluding hydrogens is 410 g/mol. The molecule has 4 rings (SSSR count). The van der Waals surface area contributed by atoms with E-state index in [1.165, 1.54) is 0 Å². The Balaban J connectivity index is 1.58. The highest BCUT2D eigenvalue weighted by Crippen LogP contribution is 2.40. The van der Waals surface area contributed by atoms with Gasteiger partial charge in [-0.05, 0) is 11.1 Å². The first kappa shape index (κ1) is 21.8. The minimum atomic E-state index is -0.393. The van der Waals surface area contributed by atoms with Crippen LogP contribution < -0.4 is 0 Å². The molecular formula is C24H27N3O3S. The number of fused-ring (bicyclic) bond motifs is 1. The van der Waals surface area contributed by atoms with Crippen molar-refractivity contribution in [2.24, 2.45) is 4.99 Å². The maximum absolute atomic E-state index is 9.43. The maximum atomic E-state index is 9.43. The molecule has 0 N–H and O–H groups in total. The Morgan fingerprint density at radius 3 is 2.10 bits per heavy atom. The van der Waals surface area contributed by atoms with Crippen LogP contribution >= 0.6 is 11.8 Å². The summed E-state index contributed by atoms with van der Waals surface area (Å²) in [4.78, 5) is 6.88. The molecule has 0 radical (unpaired) electrons. The van der Waals surface area contributed by atoms with E-state index >= 15 is 0 Å². The molecule has 2 aliphatic heterocycles. The van der Waals surface area contributed by atoms with E-state index in [-0.39, 0.29) is 30.1 Å². The predicted octanol–water partition coefficient (Wildman–Crippen LogP) is 3.83. The van der Waals surface area contributed by atoms with Gasteiger partial charge in [-0.15, -0.1) is 0 Å². The van der Waals surface area contributed by atoms with E-state index in [1.54, 1.807) is 11.8 Å². The number of hydrogen-bond acceptors (Lipinski definition) is 7. The molecule has 0 amide bonds. The molecule has 2 aromatic carbocycles. The standard InChI is InChI=1S/C24H27N3O3S/c1-27(2)24-26-20-22(29-16-18-11-7-4-8-12-18)21(19(13-14-25)30-23(20)31-24)28-15-17-9-5-3-6-10-17/h3-12,19-23H,13,15-16H2,1-2H3/t19?,20-,21-,22-,23-/m1/s1. The second kappa shape index (κ2) is 10.3. The SMILES string of the molecule is CN(C)C1=N[C@@H]2[C@@H](OCc3ccccc3)[C@H](OCc3ccccc3)C(CC#N)O[C@@H]2S1. The molecule has 0 aliphatic carbocycles. The molecule has 1 saturated heterocycles. The van der Waals surface area contributed by atoms with Crippen molar-refractivity contribution in [2.45, 2.75) is 49.4 Å². The van der Waals surface area contributed by atoms with Crippen LogP contribution in [0, 0.1) is 11.3 Å². The van der Waals surface area contributed by atoms with Gasteiger partial charge in [0.2, 0.25) is 0 Å². The summed E-state index contributed by atoms with van der Waals surface area (Å²) in [6, 6.07) is 22.2. The van der Waals surface area contributed by atoms with Crippen LogP contribution in [-0.2, 0) is 27.4 Å². The van der Waals surface area contributed by atoms with Gasteiger partial charge in [-0.2, -0.15) is 5.26 Å². The predicted molar refractivity (Wildman–Crippen MR) is 121 cm³/mol. The van der Waals surface area contributed by atoms with Gasteiger partial charge in [-0.25, -0.2) is 0 Å². The van der Waals surface area contributed by atoms with Gasteiger partial charge in [-0.3, -0.25) is 4.99 Å². The molecule has 0 saturated carbocycles. The quantitative estimate of drug-likeness (QED) is 0.656. The lowest BCUT2D eigenvalue weighted by Gasteiger charge is -2.42. The molecule has 2 heterocycles. The molecule has 0 spiro atoms. The van der Waals surface area contributed by atoms with Crippen molar-refractivity contribution in [3.63, 3.8) is 0 Å². The van der Waals surface area contributed by atoms with Crippen LogP contribution in [0.4, 0.5) is 0 Å². The molecule has 31 heavy (non-hydrogen) atoms. The zero-order valence-corrected chi connectivity index (χ0v) is 18.6. The van der Waals surface area contributed by atoms with Crippen LogP contribution in [0.2, 0.25) is 0 Å². The zero-order valence-electron chi connectivity index (χ0n) is 17.8. The first-order valence-electron chi connectivity index (χ1n) is 10.4. The number of aliphatic imine (C=N–C) groups is 1. The van der Waals surface area contributed by atoms with Gasteiger partial charge in [0.15, 0.2) is 5.17 Å². The normalized spacial score (nSPS) is 27.3. The summed E-state index contributed by atoms with van der Waals surface area (Å²) in [5, 5.41) is 10.3. The van der Waals surface area contributed by atoms with Gasteiger partial charge < -0.3 is 19.1 Å². The first-order valence-corrected chi connectivity index (χ1v) is 11.3. The minimum Gasteiger partial charge on any atom is -0.368 e. The Labute approximate surface area is 187 Å². The van der Waals surface area contributed by atoms with Crippen molar-refractivity contribution < 1.29 is 14.2 Å². The summed E-state index contributed by atoms with van der Waals surface area (Å²) >= 11 is 1.58. The number of ether oxygens (including phenoxy) is 3. The van der Waals surface area contributed by atoms with E-state index in [2.05, 4.69) is 6.07 Å². The van der Waals surface area contributed by atoms with E-state index in [9.17, 15) is 5.26 Å². The van der Waals surface area contributed by atoms with Gasteiger partial charge in [-0.1, -0.05) is 72.4 Å². The Hall–Kier alpha value is -2.37. The second-order valence-corrected chi connectivity index (χ2v) is 8.91. The zero-order chi connectivity index (χ0) is 21.6. The molecule has 2 aromatic rings. The van der Waals surface area contributed by atoms with Crippen molar-refractivity contribution in [1.82, 2.24) is 4.90 Å². The van der Waals surface area contributed by atoms with Crippen LogP contribution in [0.5, 0.6) is 0 Å². The van der Waals surface area contributed by atoms with E-state index < -0.39 is 6.10 Å². The van der Waals surface area contributed by atoms with Gasteiger partial charge >= 0.3 is 0 Å². The molecule has 0 aromatic heterocycles. The highest BCUT2D eigenvalue weighted by molar-refractivity contribution is 8.14. The van der Waals surface area contributed by atoms with E-state index in [4.69, 9.17) is 19.2 Å². The third-order valence-electron chi connectivity index (χ3n) is 5.34. The number of nitriles is 1. The molecule has 5 atom stereocenters. The monoisotopic (exact) mass is 437 g/mol. The molecule has 2 aliphatic rings. The van der Waals surface area contributed by atoms with Gasteiger partial charge in [0.25, 0.3) is 0 Å². The van der Waals surface area contributed by atoms with Crippen LogP contribution in [0.1, 0.15) is 17.5 Å². The highest BCUT2D eigenvalue weighted by atomic mass is 32.2. The van der Waals surface area contributed by atoms with Crippen LogP contribution in [-0.4, -0.2) is 54.0 Å². The van der Waals surface area contributed by atoms with Crippen molar-refractivity contribution >= 4 is 16.9 Å². The summed E-state index contributed by atoms with van der Waals surface area (Å²) in [7, 11) is 3.94. The van der Waals surface area contributed by atoms with Crippen LogP contribution in [0.15, 0.2) is 65.7 Å². The summed E-state index contributed by atoms with van der Waals surface area (Å²) in [5.41, 5.74) is 1.97. The van der Waals surface area contributed by atoms with Crippen molar-refractivity contribution in [1.29, 1.82) is 5.26 Å². The van der Waals surface area contributed by atoms with Crippen molar-refractivity contribution in [2.75, 3.05) is 14.1 Å². The number of benzene rings is 2. The third-order valence-corrected chi connectivity index (χ3v) is 6.64. The Morgan fingerprint density at radius 1 is 0.968 bits per heavy atom. The van der Waals surface area contributed by atoms with Gasteiger partial charge in [0, 0.05) is 14.1 Å². The molecule has 7 heteroatoms. The summed E-state index contributed by atoms with van der Waals surface area (Å²) < 4.78 is 19.1. The lowest BCUT2D eigenvalue weighted by atomic mass is 9.95. The third kappa shape index (κ3) is 5.28. The lowest BCUT2D eigenvalue weighted by Crippen LogP contribution is -2.56. The van der Waals surface area contributed by atoms with E-state index in [0.29, 0.717) is 13.2 Å². The average molecular weight is 438 g/mol. The van der Waals surface area contributed by atoms with Crippen LogP contribution in [0.25, 0.3) is 0 Å². The van der Waals surface area contributed by atoms with Crippen molar-refractivity contribution in [3.05, 3.63) is 71.8 Å². The largest absolute Gasteiger partial charge is 0.368 e. The number of nitrogens with zero attached hydrogens (tertiary/aromatic N) is 3. The number of amidine groups is 1. The van der Waals surface area contributed by atoms with E-state index in [0.717, 1.165) is 16.3 Å². The Kier molecular flexibility index (Phi) is 7.25. The molecule has 1 unspecified atom stereocenters. The number of hydrogen-bond donors (Lipinski definition) is 0. The molecule has 0 bridgehead atoms. The first-order chi connectivity index (χ1) is 15.2. The maximum Gasteiger partial charge on any atom is 0.161 e. The smallest absolute Gasteiger partial charge is 0.161 e. The fourth-order valence-corrected chi connectivity index (χ4v) is 4.94. The van der Waals surface area contributed by atoms with Crippen LogP contribution in [0.3, 0.4) is 0 Å². The average Bonchev–Trinajstić information content (AvgIpc) is 3.22. The highest BCUT2D eigenvalue weighted by Gasteiger charge is 2.51. The van der Waals surface area contributed by atoms with Gasteiger partial charge in [0.05, 0.1) is 25.7 Å². The Bertz CT molecular complexity index is 917. The van der Waals surface area contributed by atoms with Gasteiger partial charge in [0.1, 0.15) is 29.8 Å². The topological polar surface area (TPSA) is 67.1 Å². The molecule has 6 nitrogen and oxygen atoms in total. The lowest BCUT2D eigenvalue weighted by molar-refractivity contribution is -0.196.